The van der Waals surface area contributed by atoms with E-state index in [-0.39, 0.29) is 24.9 Å². The van der Waals surface area contributed by atoms with Crippen molar-refractivity contribution in [2.24, 2.45) is 10.9 Å². The van der Waals surface area contributed by atoms with Gasteiger partial charge in [-0.05, 0) is 66.8 Å². The molecule has 0 radical (unpaired) electrons. The molecule has 5 rings (SSSR count). The number of aliphatic imine (C=N–C) groups is 1. The fraction of sp³-hybridized carbons (Fsp3) is 0.281. The number of para-hydroxylation sites is 1. The van der Waals surface area contributed by atoms with Crippen molar-refractivity contribution in [1.82, 2.24) is 0 Å². The molecule has 39 heavy (non-hydrogen) atoms. The minimum atomic E-state index is -0.733. The number of methoxy groups -OCH3 is 1. The SMILES string of the molecule is COc1cccc([C@@H]2C3=C(C[C@@H](c4ccc(Cl)cc4)CC3=O)N=C(C)C2C(=O)OCCOc2ccccc2)c1. The topological polar surface area (TPSA) is 74.2 Å². The Morgan fingerprint density at radius 1 is 0.923 bits per heavy atom. The van der Waals surface area contributed by atoms with E-state index in [1.165, 1.54) is 0 Å². The molecule has 0 saturated heterocycles. The molecule has 0 bridgehead atoms. The lowest BCUT2D eigenvalue weighted by molar-refractivity contribution is -0.147. The second-order valence-electron chi connectivity index (χ2n) is 9.75. The van der Waals surface area contributed by atoms with Crippen LogP contribution in [0.4, 0.5) is 0 Å². The third-order valence-electron chi connectivity index (χ3n) is 7.28. The number of Topliss-reactive ketones (excluding diaryl/α,β-unsaturated/α-hetero) is 1. The van der Waals surface area contributed by atoms with E-state index in [9.17, 15) is 9.59 Å². The highest BCUT2D eigenvalue weighted by Crippen LogP contribution is 2.47. The Bertz CT molecular complexity index is 1410. The number of allylic oxidation sites excluding steroid dienone is 2. The minimum absolute atomic E-state index is 0.00494. The molecular formula is C32H30ClNO5. The van der Waals surface area contributed by atoms with Crippen LogP contribution in [-0.4, -0.2) is 37.8 Å². The van der Waals surface area contributed by atoms with Crippen molar-refractivity contribution in [1.29, 1.82) is 0 Å². The smallest absolute Gasteiger partial charge is 0.315 e. The van der Waals surface area contributed by atoms with Gasteiger partial charge in [0, 0.05) is 34.3 Å². The Kier molecular flexibility index (Phi) is 8.13. The number of rotatable bonds is 8. The standard InChI is InChI=1S/C32H30ClNO5/c1-20-29(32(36)39-16-15-38-25-8-4-3-5-9-25)30(22-7-6-10-26(17-22)37-2)31-27(34-20)18-23(19-28(31)35)21-11-13-24(33)14-12-21/h3-14,17,23,29-30H,15-16,18-19H2,1-2H3/t23-,29?,30+/m1/s1. The van der Waals surface area contributed by atoms with E-state index in [0.29, 0.717) is 40.6 Å². The fourth-order valence-corrected chi connectivity index (χ4v) is 5.56. The Morgan fingerprint density at radius 2 is 1.67 bits per heavy atom. The molecule has 2 aliphatic rings. The largest absolute Gasteiger partial charge is 0.497 e. The highest BCUT2D eigenvalue weighted by Gasteiger charge is 2.44. The number of ether oxygens (including phenoxy) is 3. The van der Waals surface area contributed by atoms with Gasteiger partial charge in [-0.15, -0.1) is 0 Å². The number of esters is 1. The molecule has 7 heteroatoms. The van der Waals surface area contributed by atoms with Crippen LogP contribution in [0, 0.1) is 5.92 Å². The zero-order chi connectivity index (χ0) is 27.4. The van der Waals surface area contributed by atoms with Crippen LogP contribution in [0.3, 0.4) is 0 Å². The molecule has 200 valence electrons. The maximum absolute atomic E-state index is 13.8. The van der Waals surface area contributed by atoms with E-state index in [4.69, 9.17) is 30.8 Å². The maximum atomic E-state index is 13.8. The number of carbonyl (C=O) groups excluding carboxylic acids is 2. The van der Waals surface area contributed by atoms with Gasteiger partial charge in [0.05, 0.1) is 7.11 Å². The summed E-state index contributed by atoms with van der Waals surface area (Å²) in [5.41, 5.74) is 3.80. The molecule has 3 aromatic rings. The number of ketones is 1. The Morgan fingerprint density at radius 3 is 2.41 bits per heavy atom. The zero-order valence-corrected chi connectivity index (χ0v) is 22.7. The van der Waals surface area contributed by atoms with Gasteiger partial charge in [-0.1, -0.05) is 54.1 Å². The predicted octanol–water partition coefficient (Wildman–Crippen LogP) is 6.55. The minimum Gasteiger partial charge on any atom is -0.497 e. The summed E-state index contributed by atoms with van der Waals surface area (Å²) in [5.74, 6) is -0.339. The molecule has 0 amide bonds. The summed E-state index contributed by atoms with van der Waals surface area (Å²) < 4.78 is 16.8. The molecule has 0 saturated carbocycles. The first-order chi connectivity index (χ1) is 18.9. The van der Waals surface area contributed by atoms with Crippen LogP contribution in [0.5, 0.6) is 11.5 Å². The molecule has 0 N–H and O–H groups in total. The van der Waals surface area contributed by atoms with Crippen molar-refractivity contribution in [3.8, 4) is 11.5 Å². The van der Waals surface area contributed by atoms with E-state index in [1.807, 2.05) is 85.8 Å². The molecule has 1 heterocycles. The monoisotopic (exact) mass is 543 g/mol. The second kappa shape index (κ2) is 11.9. The summed E-state index contributed by atoms with van der Waals surface area (Å²) in [5, 5.41) is 0.654. The molecule has 3 atom stereocenters. The van der Waals surface area contributed by atoms with E-state index in [2.05, 4.69) is 0 Å². The normalized spacial score (nSPS) is 20.6. The first kappa shape index (κ1) is 26.7. The van der Waals surface area contributed by atoms with Crippen LogP contribution < -0.4 is 9.47 Å². The third kappa shape index (κ3) is 5.91. The summed E-state index contributed by atoms with van der Waals surface area (Å²) in [6.45, 7) is 2.14. The van der Waals surface area contributed by atoms with Crippen molar-refractivity contribution >= 4 is 29.1 Å². The van der Waals surface area contributed by atoms with Crippen LogP contribution in [-0.2, 0) is 14.3 Å². The van der Waals surface area contributed by atoms with Gasteiger partial charge in [-0.3, -0.25) is 14.6 Å². The fourth-order valence-electron chi connectivity index (χ4n) is 5.44. The number of benzene rings is 3. The van der Waals surface area contributed by atoms with Gasteiger partial charge in [0.25, 0.3) is 0 Å². The Balaban J connectivity index is 1.43. The van der Waals surface area contributed by atoms with Gasteiger partial charge in [0.15, 0.2) is 5.78 Å². The molecule has 1 aliphatic carbocycles. The highest BCUT2D eigenvalue weighted by atomic mass is 35.5. The van der Waals surface area contributed by atoms with Gasteiger partial charge in [0.2, 0.25) is 0 Å². The van der Waals surface area contributed by atoms with E-state index in [1.54, 1.807) is 7.11 Å². The Hall–Kier alpha value is -3.90. The summed E-state index contributed by atoms with van der Waals surface area (Å²) in [4.78, 5) is 32.1. The van der Waals surface area contributed by atoms with Crippen molar-refractivity contribution in [3.05, 3.63) is 106 Å². The first-order valence-electron chi connectivity index (χ1n) is 13.0. The molecule has 0 spiro atoms. The molecular weight excluding hydrogens is 514 g/mol. The van der Waals surface area contributed by atoms with Crippen LogP contribution >= 0.6 is 11.6 Å². The quantitative estimate of drug-likeness (QED) is 0.238. The van der Waals surface area contributed by atoms with Gasteiger partial charge in [-0.25, -0.2) is 0 Å². The average molecular weight is 544 g/mol. The van der Waals surface area contributed by atoms with E-state index >= 15 is 0 Å². The van der Waals surface area contributed by atoms with Gasteiger partial charge in [0.1, 0.15) is 30.6 Å². The molecule has 0 aromatic heterocycles. The number of hydrogen-bond acceptors (Lipinski definition) is 6. The van der Waals surface area contributed by atoms with Crippen LogP contribution in [0.1, 0.15) is 42.7 Å². The van der Waals surface area contributed by atoms with Crippen molar-refractivity contribution in [2.75, 3.05) is 20.3 Å². The number of carbonyl (C=O) groups is 2. The molecule has 1 unspecified atom stereocenters. The lowest BCUT2D eigenvalue weighted by atomic mass is 9.69. The predicted molar refractivity (Wildman–Crippen MR) is 151 cm³/mol. The van der Waals surface area contributed by atoms with Crippen LogP contribution in [0.15, 0.2) is 95.1 Å². The molecule has 6 nitrogen and oxygen atoms in total. The van der Waals surface area contributed by atoms with Gasteiger partial charge < -0.3 is 14.2 Å². The van der Waals surface area contributed by atoms with Crippen LogP contribution in [0.25, 0.3) is 0 Å². The van der Waals surface area contributed by atoms with E-state index in [0.717, 1.165) is 16.8 Å². The average Bonchev–Trinajstić information content (AvgIpc) is 2.95. The number of hydrogen-bond donors (Lipinski definition) is 0. The molecule has 3 aromatic carbocycles. The third-order valence-corrected chi connectivity index (χ3v) is 7.53. The first-order valence-corrected chi connectivity index (χ1v) is 13.4. The lowest BCUT2D eigenvalue weighted by Gasteiger charge is -2.36. The second-order valence-corrected chi connectivity index (χ2v) is 10.2. The van der Waals surface area contributed by atoms with Crippen molar-refractivity contribution < 1.29 is 23.8 Å². The maximum Gasteiger partial charge on any atom is 0.315 e. The van der Waals surface area contributed by atoms with E-state index < -0.39 is 17.8 Å². The number of nitrogens with zero attached hydrogens (tertiary/aromatic N) is 1. The number of halogens is 1. The Labute approximate surface area is 233 Å². The summed E-state index contributed by atoms with van der Waals surface area (Å²) in [6.07, 6.45) is 0.940. The summed E-state index contributed by atoms with van der Waals surface area (Å²) >= 11 is 6.08. The van der Waals surface area contributed by atoms with Gasteiger partial charge >= 0.3 is 5.97 Å². The van der Waals surface area contributed by atoms with Crippen molar-refractivity contribution in [2.45, 2.75) is 31.6 Å². The highest BCUT2D eigenvalue weighted by molar-refractivity contribution is 6.30. The van der Waals surface area contributed by atoms with Gasteiger partial charge in [-0.2, -0.15) is 0 Å². The molecule has 1 aliphatic heterocycles. The summed E-state index contributed by atoms with van der Waals surface area (Å²) in [7, 11) is 1.60. The lowest BCUT2D eigenvalue weighted by Crippen LogP contribution is -2.38. The zero-order valence-electron chi connectivity index (χ0n) is 21.9. The van der Waals surface area contributed by atoms with Crippen LogP contribution in [0.2, 0.25) is 5.02 Å². The molecule has 0 fully saturated rings. The summed E-state index contributed by atoms with van der Waals surface area (Å²) in [6, 6.07) is 24.5. The van der Waals surface area contributed by atoms with Crippen molar-refractivity contribution in [3.63, 3.8) is 0 Å².